The van der Waals surface area contributed by atoms with Gasteiger partial charge < -0.3 is 10.6 Å². The zero-order valence-corrected chi connectivity index (χ0v) is 10.5. The van der Waals surface area contributed by atoms with Crippen LogP contribution in [0, 0.1) is 0 Å². The highest BCUT2D eigenvalue weighted by Crippen LogP contribution is 1.94. The van der Waals surface area contributed by atoms with Crippen molar-refractivity contribution < 1.29 is 9.59 Å². The first kappa shape index (κ1) is 14.9. The molecule has 0 aromatic carbocycles. The summed E-state index contributed by atoms with van der Waals surface area (Å²) in [5, 5.41) is 7.80. The van der Waals surface area contributed by atoms with Crippen LogP contribution >= 0.6 is 0 Å². The fourth-order valence-electron chi connectivity index (χ4n) is 1.10. The van der Waals surface area contributed by atoms with Crippen LogP contribution in [-0.2, 0) is 4.79 Å². The highest BCUT2D eigenvalue weighted by Gasteiger charge is 2.19. The highest BCUT2D eigenvalue weighted by molar-refractivity contribution is 5.96. The molecule has 0 fully saturated rings. The van der Waals surface area contributed by atoms with E-state index in [1.54, 1.807) is 13.8 Å². The minimum atomic E-state index is -0.443. The quantitative estimate of drug-likeness (QED) is 0.568. The normalized spacial score (nSPS) is 12.3. The van der Waals surface area contributed by atoms with Crippen molar-refractivity contribution in [3.63, 3.8) is 0 Å². The van der Waals surface area contributed by atoms with Crippen molar-refractivity contribution in [3.05, 3.63) is 0 Å². The van der Waals surface area contributed by atoms with Crippen LogP contribution in [0.5, 0.6) is 0 Å². The van der Waals surface area contributed by atoms with E-state index < -0.39 is 6.03 Å². The van der Waals surface area contributed by atoms with Gasteiger partial charge in [0.1, 0.15) is 0 Å². The number of amides is 3. The van der Waals surface area contributed by atoms with E-state index in [2.05, 4.69) is 16.0 Å². The van der Waals surface area contributed by atoms with Crippen molar-refractivity contribution in [2.45, 2.75) is 19.9 Å². The molecule has 0 radical (unpaired) electrons. The Morgan fingerprint density at radius 1 is 1.38 bits per heavy atom. The number of carbonyl (C=O) groups is 2. The summed E-state index contributed by atoms with van der Waals surface area (Å²) in [7, 11) is 3.70. The van der Waals surface area contributed by atoms with Crippen LogP contribution in [0.25, 0.3) is 0 Å². The smallest absolute Gasteiger partial charge is 0.321 e. The summed E-state index contributed by atoms with van der Waals surface area (Å²) in [5.74, 6) is -0.287. The minimum Gasteiger partial charge on any atom is -0.338 e. The molecule has 94 valence electrons. The van der Waals surface area contributed by atoms with E-state index in [0.29, 0.717) is 6.54 Å². The van der Waals surface area contributed by atoms with E-state index in [-0.39, 0.29) is 11.9 Å². The molecule has 0 aliphatic rings. The number of likely N-dealkylation sites (N-methyl/N-ethyl adjacent to an activating group) is 2. The second-order valence-corrected chi connectivity index (χ2v) is 3.61. The molecule has 3 amide bonds. The lowest BCUT2D eigenvalue weighted by molar-refractivity contribution is -0.124. The maximum absolute atomic E-state index is 11.6. The van der Waals surface area contributed by atoms with Gasteiger partial charge in [-0.15, -0.1) is 0 Å². The van der Waals surface area contributed by atoms with E-state index in [0.717, 1.165) is 13.1 Å². The predicted octanol–water partition coefficient (Wildman–Crippen LogP) is -0.628. The Morgan fingerprint density at radius 2 is 2.00 bits per heavy atom. The molecule has 0 rings (SSSR count). The van der Waals surface area contributed by atoms with Crippen LogP contribution < -0.4 is 16.0 Å². The molecule has 6 nitrogen and oxygen atoms in total. The SMILES string of the molecule is CCNC(=O)NC(=O)C(C)N(C)CCNC. The first-order chi connectivity index (χ1) is 7.52. The van der Waals surface area contributed by atoms with Gasteiger partial charge >= 0.3 is 6.03 Å². The van der Waals surface area contributed by atoms with Gasteiger partial charge in [0.15, 0.2) is 0 Å². The first-order valence-electron chi connectivity index (χ1n) is 5.46. The second kappa shape index (κ2) is 8.06. The Hall–Kier alpha value is -1.14. The number of nitrogens with one attached hydrogen (secondary N) is 3. The topological polar surface area (TPSA) is 73.5 Å². The largest absolute Gasteiger partial charge is 0.338 e. The van der Waals surface area contributed by atoms with Crippen LogP contribution in [0.1, 0.15) is 13.8 Å². The van der Waals surface area contributed by atoms with E-state index in [4.69, 9.17) is 0 Å². The lowest BCUT2D eigenvalue weighted by atomic mass is 10.3. The van der Waals surface area contributed by atoms with Gasteiger partial charge in [-0.2, -0.15) is 0 Å². The van der Waals surface area contributed by atoms with Crippen molar-refractivity contribution in [3.8, 4) is 0 Å². The third-order valence-electron chi connectivity index (χ3n) is 2.33. The number of carbonyl (C=O) groups excluding carboxylic acids is 2. The Bertz CT molecular complexity index is 233. The maximum atomic E-state index is 11.6. The van der Waals surface area contributed by atoms with Crippen molar-refractivity contribution in [2.24, 2.45) is 0 Å². The Kier molecular flexibility index (Phi) is 7.49. The van der Waals surface area contributed by atoms with Gasteiger partial charge in [-0.1, -0.05) is 0 Å². The number of urea groups is 1. The standard InChI is InChI=1S/C10H22N4O2/c1-5-12-10(16)13-9(15)8(2)14(4)7-6-11-3/h8,11H,5-7H2,1-4H3,(H2,12,13,15,16). The number of imide groups is 1. The number of nitrogens with zero attached hydrogens (tertiary/aromatic N) is 1. The summed E-state index contributed by atoms with van der Waals surface area (Å²) in [6.45, 7) is 5.62. The summed E-state index contributed by atoms with van der Waals surface area (Å²) < 4.78 is 0. The summed E-state index contributed by atoms with van der Waals surface area (Å²) in [6, 6.07) is -0.766. The van der Waals surface area contributed by atoms with Gasteiger partial charge in [-0.25, -0.2) is 4.79 Å². The van der Waals surface area contributed by atoms with Crippen LogP contribution in [0.15, 0.2) is 0 Å². The Morgan fingerprint density at radius 3 is 2.50 bits per heavy atom. The Balaban J connectivity index is 4.01. The minimum absolute atomic E-state index is 0.287. The van der Waals surface area contributed by atoms with Crippen molar-refractivity contribution in [1.82, 2.24) is 20.9 Å². The van der Waals surface area contributed by atoms with Crippen LogP contribution in [-0.4, -0.2) is 56.6 Å². The molecule has 0 aliphatic heterocycles. The van der Waals surface area contributed by atoms with Gasteiger partial charge in [-0.05, 0) is 27.9 Å². The molecular weight excluding hydrogens is 208 g/mol. The molecule has 0 aromatic rings. The Labute approximate surface area is 96.8 Å². The maximum Gasteiger partial charge on any atom is 0.321 e. The fraction of sp³-hybridized carbons (Fsp3) is 0.800. The molecule has 0 saturated carbocycles. The average molecular weight is 230 g/mol. The van der Waals surface area contributed by atoms with E-state index in [1.807, 2.05) is 19.0 Å². The van der Waals surface area contributed by atoms with Crippen molar-refractivity contribution in [1.29, 1.82) is 0 Å². The van der Waals surface area contributed by atoms with E-state index in [1.165, 1.54) is 0 Å². The number of hydrogen-bond acceptors (Lipinski definition) is 4. The van der Waals surface area contributed by atoms with Crippen molar-refractivity contribution in [2.75, 3.05) is 33.7 Å². The van der Waals surface area contributed by atoms with Crippen molar-refractivity contribution >= 4 is 11.9 Å². The molecule has 6 heteroatoms. The molecule has 16 heavy (non-hydrogen) atoms. The van der Waals surface area contributed by atoms with Gasteiger partial charge in [-0.3, -0.25) is 15.0 Å². The summed E-state index contributed by atoms with van der Waals surface area (Å²) in [5.41, 5.74) is 0. The van der Waals surface area contributed by atoms with Crippen LogP contribution in [0.4, 0.5) is 4.79 Å². The van der Waals surface area contributed by atoms with Gasteiger partial charge in [0.25, 0.3) is 0 Å². The molecule has 1 atom stereocenters. The molecule has 0 saturated heterocycles. The lowest BCUT2D eigenvalue weighted by Crippen LogP contribution is -2.49. The molecule has 3 N–H and O–H groups in total. The van der Waals surface area contributed by atoms with Gasteiger partial charge in [0.05, 0.1) is 6.04 Å². The number of hydrogen-bond donors (Lipinski definition) is 3. The highest BCUT2D eigenvalue weighted by atomic mass is 16.2. The van der Waals surface area contributed by atoms with E-state index >= 15 is 0 Å². The molecule has 0 spiro atoms. The van der Waals surface area contributed by atoms with Gasteiger partial charge in [0.2, 0.25) is 5.91 Å². The van der Waals surface area contributed by atoms with E-state index in [9.17, 15) is 9.59 Å². The monoisotopic (exact) mass is 230 g/mol. The predicted molar refractivity (Wildman–Crippen MR) is 63.2 cm³/mol. The molecule has 0 aliphatic carbocycles. The lowest BCUT2D eigenvalue weighted by Gasteiger charge is -2.23. The zero-order valence-electron chi connectivity index (χ0n) is 10.5. The molecular formula is C10H22N4O2. The van der Waals surface area contributed by atoms with Crippen LogP contribution in [0.3, 0.4) is 0 Å². The number of rotatable bonds is 6. The van der Waals surface area contributed by atoms with Crippen LogP contribution in [0.2, 0.25) is 0 Å². The van der Waals surface area contributed by atoms with Gasteiger partial charge in [0, 0.05) is 19.6 Å². The summed E-state index contributed by atoms with van der Waals surface area (Å²) >= 11 is 0. The zero-order chi connectivity index (χ0) is 12.6. The first-order valence-corrected chi connectivity index (χ1v) is 5.46. The molecule has 0 bridgehead atoms. The second-order valence-electron chi connectivity index (χ2n) is 3.61. The molecule has 0 aromatic heterocycles. The summed E-state index contributed by atoms with van der Waals surface area (Å²) in [6.07, 6.45) is 0. The summed E-state index contributed by atoms with van der Waals surface area (Å²) in [4.78, 5) is 24.6. The third-order valence-corrected chi connectivity index (χ3v) is 2.33. The molecule has 1 unspecified atom stereocenters. The molecule has 0 heterocycles. The third kappa shape index (κ3) is 5.67. The average Bonchev–Trinajstić information content (AvgIpc) is 2.24. The fourth-order valence-corrected chi connectivity index (χ4v) is 1.10.